The van der Waals surface area contributed by atoms with Crippen molar-refractivity contribution >= 4 is 21.9 Å². The summed E-state index contributed by atoms with van der Waals surface area (Å²) < 4.78 is 31.2. The van der Waals surface area contributed by atoms with E-state index in [2.05, 4.69) is 0 Å². The molecule has 0 bridgehead atoms. The number of aromatic carboxylic acids is 1. The van der Waals surface area contributed by atoms with Crippen molar-refractivity contribution in [3.8, 4) is 0 Å². The van der Waals surface area contributed by atoms with Gasteiger partial charge < -0.3 is 14.4 Å². The molecule has 2 rings (SSSR count). The number of sulfonamides is 1. The Kier molecular flexibility index (Phi) is 5.83. The standard InChI is InChI=1S/C17H20N2O6S/c1-12-15(17(21)22)9-13(25-12)10-18(2)16(20)11-19(3)26(23,24)14-7-5-4-6-8-14/h4-9H,10-11H2,1-3H3,(H,21,22). The lowest BCUT2D eigenvalue weighted by molar-refractivity contribution is -0.130. The predicted molar refractivity (Wildman–Crippen MR) is 93.1 cm³/mol. The molecule has 0 atom stereocenters. The molecule has 1 aromatic carbocycles. The molecule has 1 heterocycles. The molecule has 1 aromatic heterocycles. The van der Waals surface area contributed by atoms with Gasteiger partial charge in [-0.1, -0.05) is 18.2 Å². The van der Waals surface area contributed by atoms with E-state index in [1.807, 2.05) is 0 Å². The van der Waals surface area contributed by atoms with Gasteiger partial charge in [-0.25, -0.2) is 13.2 Å². The minimum atomic E-state index is -3.77. The van der Waals surface area contributed by atoms with Gasteiger partial charge in [-0.3, -0.25) is 4.79 Å². The van der Waals surface area contributed by atoms with Crippen molar-refractivity contribution in [2.24, 2.45) is 0 Å². The molecule has 1 N–H and O–H groups in total. The molecule has 0 saturated carbocycles. The second-order valence-electron chi connectivity index (χ2n) is 5.81. The zero-order valence-corrected chi connectivity index (χ0v) is 15.5. The third kappa shape index (κ3) is 4.30. The highest BCUT2D eigenvalue weighted by molar-refractivity contribution is 7.89. The monoisotopic (exact) mass is 380 g/mol. The van der Waals surface area contributed by atoms with Crippen molar-refractivity contribution < 1.29 is 27.5 Å². The van der Waals surface area contributed by atoms with Crippen LogP contribution >= 0.6 is 0 Å². The maximum Gasteiger partial charge on any atom is 0.339 e. The van der Waals surface area contributed by atoms with E-state index in [4.69, 9.17) is 9.52 Å². The molecule has 0 unspecified atom stereocenters. The second kappa shape index (κ2) is 7.71. The Balaban J connectivity index is 2.05. The molecule has 0 aliphatic rings. The maximum absolute atomic E-state index is 12.4. The van der Waals surface area contributed by atoms with Gasteiger partial charge in [0.25, 0.3) is 0 Å². The molecule has 0 fully saturated rings. The van der Waals surface area contributed by atoms with Crippen LogP contribution in [0.4, 0.5) is 0 Å². The Hall–Kier alpha value is -2.65. The minimum absolute atomic E-state index is 0.0321. The summed E-state index contributed by atoms with van der Waals surface area (Å²) in [6, 6.07) is 9.18. The molecule has 26 heavy (non-hydrogen) atoms. The molecule has 140 valence electrons. The fourth-order valence-corrected chi connectivity index (χ4v) is 3.47. The number of carbonyl (C=O) groups is 2. The average molecular weight is 380 g/mol. The number of hydrogen-bond acceptors (Lipinski definition) is 5. The quantitative estimate of drug-likeness (QED) is 0.781. The van der Waals surface area contributed by atoms with Crippen molar-refractivity contribution in [3.05, 3.63) is 53.5 Å². The molecule has 2 aromatic rings. The van der Waals surface area contributed by atoms with E-state index in [0.29, 0.717) is 5.76 Å². The Bertz CT molecular complexity index is 905. The highest BCUT2D eigenvalue weighted by Gasteiger charge is 2.24. The van der Waals surface area contributed by atoms with Crippen LogP contribution in [-0.4, -0.2) is 55.2 Å². The van der Waals surface area contributed by atoms with Gasteiger partial charge in [0.05, 0.1) is 18.0 Å². The van der Waals surface area contributed by atoms with E-state index < -0.39 is 21.9 Å². The minimum Gasteiger partial charge on any atom is -0.478 e. The van der Waals surface area contributed by atoms with Crippen LogP contribution in [0.15, 0.2) is 45.7 Å². The van der Waals surface area contributed by atoms with Crippen LogP contribution in [0.3, 0.4) is 0 Å². The van der Waals surface area contributed by atoms with E-state index in [1.54, 1.807) is 18.2 Å². The molecule has 9 heteroatoms. The fourth-order valence-electron chi connectivity index (χ4n) is 2.32. The van der Waals surface area contributed by atoms with Gasteiger partial charge in [0, 0.05) is 14.1 Å². The van der Waals surface area contributed by atoms with E-state index in [9.17, 15) is 18.0 Å². The number of rotatable bonds is 7. The summed E-state index contributed by atoms with van der Waals surface area (Å²) in [5.74, 6) is -1.00. The number of hydrogen-bond donors (Lipinski definition) is 1. The van der Waals surface area contributed by atoms with Crippen molar-refractivity contribution in [3.63, 3.8) is 0 Å². The molecule has 0 saturated heterocycles. The summed E-state index contributed by atoms with van der Waals surface area (Å²) in [4.78, 5) is 24.7. The Labute approximate surface area is 151 Å². The first-order valence-electron chi connectivity index (χ1n) is 7.71. The molecule has 0 spiro atoms. The van der Waals surface area contributed by atoms with Crippen LogP contribution < -0.4 is 0 Å². The normalized spacial score (nSPS) is 11.5. The lowest BCUT2D eigenvalue weighted by Crippen LogP contribution is -2.39. The van der Waals surface area contributed by atoms with Gasteiger partial charge in [0.15, 0.2) is 0 Å². The van der Waals surface area contributed by atoms with Crippen LogP contribution in [0, 0.1) is 6.92 Å². The summed E-state index contributed by atoms with van der Waals surface area (Å²) in [5.41, 5.74) is 0.0321. The molecule has 0 aliphatic heterocycles. The first-order chi connectivity index (χ1) is 12.1. The number of aryl methyl sites for hydroxylation is 1. The van der Waals surface area contributed by atoms with Gasteiger partial charge in [0.1, 0.15) is 17.1 Å². The molecular weight excluding hydrogens is 360 g/mol. The van der Waals surface area contributed by atoms with Crippen molar-refractivity contribution in [1.29, 1.82) is 0 Å². The van der Waals surface area contributed by atoms with Crippen LogP contribution in [0.25, 0.3) is 0 Å². The van der Waals surface area contributed by atoms with Gasteiger partial charge in [-0.2, -0.15) is 4.31 Å². The number of benzene rings is 1. The average Bonchev–Trinajstić information content (AvgIpc) is 2.96. The van der Waals surface area contributed by atoms with E-state index in [-0.39, 0.29) is 29.3 Å². The van der Waals surface area contributed by atoms with Crippen molar-refractivity contribution in [2.75, 3.05) is 20.6 Å². The highest BCUT2D eigenvalue weighted by Crippen LogP contribution is 2.17. The third-order valence-corrected chi connectivity index (χ3v) is 5.64. The third-order valence-electron chi connectivity index (χ3n) is 3.83. The predicted octanol–water partition coefficient (Wildman–Crippen LogP) is 1.57. The number of furan rings is 1. The first kappa shape index (κ1) is 19.7. The van der Waals surface area contributed by atoms with Crippen molar-refractivity contribution in [1.82, 2.24) is 9.21 Å². The summed E-state index contributed by atoms with van der Waals surface area (Å²) in [6.45, 7) is 1.21. The van der Waals surface area contributed by atoms with Crippen LogP contribution in [0.2, 0.25) is 0 Å². The summed E-state index contributed by atoms with van der Waals surface area (Å²) >= 11 is 0. The zero-order chi connectivity index (χ0) is 19.5. The Morgan fingerprint density at radius 1 is 1.15 bits per heavy atom. The summed E-state index contributed by atoms with van der Waals surface area (Å²) in [7, 11) is -0.953. The molecule has 8 nitrogen and oxygen atoms in total. The topological polar surface area (TPSA) is 108 Å². The molecule has 0 aliphatic carbocycles. The molecule has 0 radical (unpaired) electrons. The zero-order valence-electron chi connectivity index (χ0n) is 14.7. The fraction of sp³-hybridized carbons (Fsp3) is 0.294. The maximum atomic E-state index is 12.4. The highest BCUT2D eigenvalue weighted by atomic mass is 32.2. The van der Waals surface area contributed by atoms with Gasteiger partial charge in [0.2, 0.25) is 15.9 Å². The molecular formula is C17H20N2O6S. The second-order valence-corrected chi connectivity index (χ2v) is 7.86. The number of carboxylic acids is 1. The number of likely N-dealkylation sites (N-methyl/N-ethyl adjacent to an activating group) is 2. The lowest BCUT2D eigenvalue weighted by atomic mass is 10.2. The Morgan fingerprint density at radius 2 is 1.77 bits per heavy atom. The number of amides is 1. The summed E-state index contributed by atoms with van der Waals surface area (Å²) in [6.07, 6.45) is 0. The lowest BCUT2D eigenvalue weighted by Gasteiger charge is -2.21. The van der Waals surface area contributed by atoms with E-state index in [1.165, 1.54) is 44.1 Å². The van der Waals surface area contributed by atoms with Crippen molar-refractivity contribution in [2.45, 2.75) is 18.4 Å². The summed E-state index contributed by atoms with van der Waals surface area (Å²) in [5, 5.41) is 9.03. The number of carbonyl (C=O) groups excluding carboxylic acids is 1. The van der Waals surface area contributed by atoms with E-state index >= 15 is 0 Å². The van der Waals surface area contributed by atoms with Gasteiger partial charge in [-0.15, -0.1) is 0 Å². The SMILES string of the molecule is Cc1oc(CN(C)C(=O)CN(C)S(=O)(=O)c2ccccc2)cc1C(=O)O. The van der Waals surface area contributed by atoms with Gasteiger partial charge >= 0.3 is 5.97 Å². The molecule has 1 amide bonds. The van der Waals surface area contributed by atoms with Crippen LogP contribution in [0.5, 0.6) is 0 Å². The Morgan fingerprint density at radius 3 is 2.31 bits per heavy atom. The largest absolute Gasteiger partial charge is 0.478 e. The number of nitrogens with zero attached hydrogens (tertiary/aromatic N) is 2. The smallest absolute Gasteiger partial charge is 0.339 e. The van der Waals surface area contributed by atoms with Crippen LogP contribution in [-0.2, 0) is 21.4 Å². The van der Waals surface area contributed by atoms with Crippen LogP contribution in [0.1, 0.15) is 21.9 Å². The number of carboxylic acid groups (broad SMARTS) is 1. The van der Waals surface area contributed by atoms with Gasteiger partial charge in [-0.05, 0) is 25.1 Å². The first-order valence-corrected chi connectivity index (χ1v) is 9.15. The van der Waals surface area contributed by atoms with E-state index in [0.717, 1.165) is 4.31 Å².